The van der Waals surface area contributed by atoms with E-state index in [0.717, 1.165) is 24.8 Å². The average Bonchev–Trinajstić information content (AvgIpc) is 2.30. The molecule has 0 bridgehead atoms. The Morgan fingerprint density at radius 3 is 2.12 bits per heavy atom. The van der Waals surface area contributed by atoms with Gasteiger partial charge in [0, 0.05) is 12.2 Å². The molecule has 96 valence electrons. The van der Waals surface area contributed by atoms with Crippen LogP contribution in [0.2, 0.25) is 10.3 Å². The fourth-order valence-electron chi connectivity index (χ4n) is 1.62. The molecule has 0 saturated carbocycles. The van der Waals surface area contributed by atoms with E-state index in [1.165, 1.54) is 0 Å². The third kappa shape index (κ3) is 3.80. The number of ether oxygens (including phenoxy) is 1. The molecule has 1 aromatic heterocycles. The molecule has 1 atom stereocenters. The predicted molar refractivity (Wildman–Crippen MR) is 70.7 cm³/mol. The molecule has 5 heteroatoms. The molecular weight excluding hydrogens is 259 g/mol. The van der Waals surface area contributed by atoms with Crippen molar-refractivity contribution < 1.29 is 4.74 Å². The molecule has 0 spiro atoms. The molecule has 1 unspecified atom stereocenters. The van der Waals surface area contributed by atoms with Crippen molar-refractivity contribution in [2.75, 3.05) is 6.61 Å². The van der Waals surface area contributed by atoms with Crippen LogP contribution in [-0.4, -0.2) is 16.6 Å². The summed E-state index contributed by atoms with van der Waals surface area (Å²) >= 11 is 12.2. The van der Waals surface area contributed by atoms with Crippen molar-refractivity contribution in [3.05, 3.63) is 21.7 Å². The van der Waals surface area contributed by atoms with E-state index in [0.29, 0.717) is 22.7 Å². The van der Waals surface area contributed by atoms with E-state index >= 15 is 0 Å². The van der Waals surface area contributed by atoms with Crippen LogP contribution >= 0.6 is 23.2 Å². The van der Waals surface area contributed by atoms with Crippen LogP contribution in [0, 0.1) is 0 Å². The first-order chi connectivity index (χ1) is 8.13. The van der Waals surface area contributed by atoms with E-state index in [9.17, 15) is 0 Å². The first-order valence-electron chi connectivity index (χ1n) is 5.97. The Labute approximate surface area is 113 Å². The lowest BCUT2D eigenvalue weighted by atomic mass is 10.2. The van der Waals surface area contributed by atoms with Gasteiger partial charge in [-0.15, -0.1) is 0 Å². The lowest BCUT2D eigenvalue weighted by Crippen LogP contribution is -2.09. The van der Waals surface area contributed by atoms with E-state index in [1.807, 2.05) is 13.8 Å². The Bertz CT molecular complexity index is 349. The Hall–Kier alpha value is -0.380. The van der Waals surface area contributed by atoms with Crippen LogP contribution in [0.1, 0.15) is 51.1 Å². The molecule has 0 aliphatic carbocycles. The van der Waals surface area contributed by atoms with Crippen molar-refractivity contribution in [2.24, 2.45) is 0 Å². The first-order valence-corrected chi connectivity index (χ1v) is 6.72. The van der Waals surface area contributed by atoms with Crippen molar-refractivity contribution in [2.45, 2.75) is 46.1 Å². The molecule has 0 radical (unpaired) electrons. The van der Waals surface area contributed by atoms with Gasteiger partial charge in [0.1, 0.15) is 16.4 Å². The number of hydrogen-bond acceptors (Lipinski definition) is 3. The minimum absolute atomic E-state index is 0.134. The third-order valence-electron chi connectivity index (χ3n) is 2.45. The van der Waals surface area contributed by atoms with E-state index in [2.05, 4.69) is 16.9 Å². The second kappa shape index (κ2) is 7.14. The van der Waals surface area contributed by atoms with Crippen molar-refractivity contribution >= 4 is 23.2 Å². The highest BCUT2D eigenvalue weighted by Gasteiger charge is 2.17. The van der Waals surface area contributed by atoms with Crippen LogP contribution < -0.4 is 0 Å². The lowest BCUT2D eigenvalue weighted by Gasteiger charge is -2.15. The van der Waals surface area contributed by atoms with Gasteiger partial charge < -0.3 is 4.74 Å². The van der Waals surface area contributed by atoms with Gasteiger partial charge in [0.2, 0.25) is 0 Å². The average molecular weight is 277 g/mol. The van der Waals surface area contributed by atoms with Crippen LogP contribution in [0.5, 0.6) is 0 Å². The summed E-state index contributed by atoms with van der Waals surface area (Å²) in [4.78, 5) is 8.57. The molecule has 1 heterocycles. The number of aromatic nitrogens is 2. The van der Waals surface area contributed by atoms with E-state index < -0.39 is 0 Å². The van der Waals surface area contributed by atoms with Crippen LogP contribution in [0.4, 0.5) is 0 Å². The second-order valence-corrected chi connectivity index (χ2v) is 4.46. The van der Waals surface area contributed by atoms with E-state index in [1.54, 1.807) is 0 Å². The van der Waals surface area contributed by atoms with Crippen molar-refractivity contribution in [3.63, 3.8) is 0 Å². The van der Waals surface area contributed by atoms with Crippen LogP contribution in [0.3, 0.4) is 0 Å². The van der Waals surface area contributed by atoms with Crippen molar-refractivity contribution in [3.8, 4) is 0 Å². The van der Waals surface area contributed by atoms with Gasteiger partial charge in [0.15, 0.2) is 5.82 Å². The summed E-state index contributed by atoms with van der Waals surface area (Å²) in [6, 6.07) is 0. The van der Waals surface area contributed by atoms with Crippen molar-refractivity contribution in [1.29, 1.82) is 0 Å². The molecule has 0 fully saturated rings. The highest BCUT2D eigenvalue weighted by atomic mass is 35.5. The minimum Gasteiger partial charge on any atom is -0.371 e. The standard InChI is InChI=1S/C12H18Cl2N2O/c1-4-7-8-10(13)15-12(16-11(8)14)9(5-2)17-6-3/h9H,4-7H2,1-3H3. The molecule has 1 aromatic rings. The van der Waals surface area contributed by atoms with Gasteiger partial charge in [0.25, 0.3) is 0 Å². The molecule has 17 heavy (non-hydrogen) atoms. The van der Waals surface area contributed by atoms with Gasteiger partial charge in [-0.25, -0.2) is 9.97 Å². The highest BCUT2D eigenvalue weighted by Crippen LogP contribution is 2.26. The molecular formula is C12H18Cl2N2O. The van der Waals surface area contributed by atoms with E-state index in [4.69, 9.17) is 27.9 Å². The summed E-state index contributed by atoms with van der Waals surface area (Å²) in [5.74, 6) is 0.573. The monoisotopic (exact) mass is 276 g/mol. The van der Waals surface area contributed by atoms with Gasteiger partial charge in [0.05, 0.1) is 0 Å². The summed E-state index contributed by atoms with van der Waals surface area (Å²) < 4.78 is 5.54. The maximum absolute atomic E-state index is 6.12. The van der Waals surface area contributed by atoms with Crippen LogP contribution in [-0.2, 0) is 11.2 Å². The summed E-state index contributed by atoms with van der Waals surface area (Å²) in [5.41, 5.74) is 0.825. The SMILES string of the molecule is CCCc1c(Cl)nc(C(CC)OCC)nc1Cl. The quantitative estimate of drug-likeness (QED) is 0.730. The van der Waals surface area contributed by atoms with Crippen LogP contribution in [0.15, 0.2) is 0 Å². The molecule has 0 saturated heterocycles. The Kier molecular flexibility index (Phi) is 6.17. The zero-order chi connectivity index (χ0) is 12.8. The van der Waals surface area contributed by atoms with E-state index in [-0.39, 0.29) is 6.10 Å². The van der Waals surface area contributed by atoms with Crippen LogP contribution in [0.25, 0.3) is 0 Å². The minimum atomic E-state index is -0.134. The molecule has 0 aliphatic heterocycles. The van der Waals surface area contributed by atoms with Gasteiger partial charge in [-0.05, 0) is 19.8 Å². The maximum atomic E-state index is 6.12. The van der Waals surface area contributed by atoms with Gasteiger partial charge in [-0.1, -0.05) is 43.5 Å². The van der Waals surface area contributed by atoms with Gasteiger partial charge in [-0.2, -0.15) is 0 Å². The summed E-state index contributed by atoms with van der Waals surface area (Å²) in [5, 5.41) is 0.889. The Morgan fingerprint density at radius 1 is 1.12 bits per heavy atom. The molecule has 0 N–H and O–H groups in total. The number of nitrogens with zero attached hydrogens (tertiary/aromatic N) is 2. The second-order valence-electron chi connectivity index (χ2n) is 3.74. The number of hydrogen-bond donors (Lipinski definition) is 0. The lowest BCUT2D eigenvalue weighted by molar-refractivity contribution is 0.0534. The zero-order valence-corrected chi connectivity index (χ0v) is 12.0. The van der Waals surface area contributed by atoms with Gasteiger partial charge >= 0.3 is 0 Å². The molecule has 0 amide bonds. The van der Waals surface area contributed by atoms with Gasteiger partial charge in [-0.3, -0.25) is 0 Å². The summed E-state index contributed by atoms with van der Waals surface area (Å²) in [7, 11) is 0. The molecule has 0 aliphatic rings. The predicted octanol–water partition coefficient (Wildman–Crippen LogP) is 4.22. The summed E-state index contributed by atoms with van der Waals surface area (Å²) in [6.45, 7) is 6.65. The fraction of sp³-hybridized carbons (Fsp3) is 0.667. The maximum Gasteiger partial charge on any atom is 0.160 e. The molecule has 3 nitrogen and oxygen atoms in total. The Morgan fingerprint density at radius 2 is 1.71 bits per heavy atom. The number of rotatable bonds is 6. The first kappa shape index (κ1) is 14.7. The van der Waals surface area contributed by atoms with Crippen molar-refractivity contribution in [1.82, 2.24) is 9.97 Å². The highest BCUT2D eigenvalue weighted by molar-refractivity contribution is 6.34. The zero-order valence-electron chi connectivity index (χ0n) is 10.5. The summed E-state index contributed by atoms with van der Waals surface area (Å²) in [6.07, 6.45) is 2.42. The largest absolute Gasteiger partial charge is 0.371 e. The number of halogens is 2. The third-order valence-corrected chi connectivity index (χ3v) is 3.08. The topological polar surface area (TPSA) is 35.0 Å². The molecule has 1 rings (SSSR count). The smallest absolute Gasteiger partial charge is 0.160 e. The fourth-order valence-corrected chi connectivity index (χ4v) is 2.21. The Balaban J connectivity index is 3.03. The molecule has 0 aromatic carbocycles. The normalized spacial score (nSPS) is 12.8.